The SMILES string of the molecule is Cc1noc(CSc2ccccc2C(=O)Nc2ccc(C(F)(F)F)cc2)n1. The van der Waals surface area contributed by atoms with Crippen molar-refractivity contribution in [2.24, 2.45) is 0 Å². The van der Waals surface area contributed by atoms with Crippen molar-refractivity contribution >= 4 is 23.4 Å². The minimum Gasteiger partial charge on any atom is -0.338 e. The summed E-state index contributed by atoms with van der Waals surface area (Å²) in [5.41, 5.74) is -0.0923. The number of aromatic nitrogens is 2. The highest BCUT2D eigenvalue weighted by molar-refractivity contribution is 7.98. The van der Waals surface area contributed by atoms with Crippen molar-refractivity contribution in [3.63, 3.8) is 0 Å². The summed E-state index contributed by atoms with van der Waals surface area (Å²) in [7, 11) is 0. The zero-order chi connectivity index (χ0) is 19.4. The fourth-order valence-corrected chi connectivity index (χ4v) is 3.15. The molecule has 0 aliphatic rings. The Kier molecular flexibility index (Phi) is 5.50. The summed E-state index contributed by atoms with van der Waals surface area (Å²) in [6.45, 7) is 1.71. The van der Waals surface area contributed by atoms with Crippen molar-refractivity contribution in [1.29, 1.82) is 0 Å². The number of alkyl halides is 3. The van der Waals surface area contributed by atoms with Crippen LogP contribution in [0.15, 0.2) is 57.9 Å². The molecule has 0 saturated carbocycles. The molecule has 1 heterocycles. The molecule has 3 aromatic rings. The van der Waals surface area contributed by atoms with Crippen LogP contribution in [0.5, 0.6) is 0 Å². The van der Waals surface area contributed by atoms with Gasteiger partial charge in [0, 0.05) is 10.6 Å². The van der Waals surface area contributed by atoms with Gasteiger partial charge in [-0.05, 0) is 43.3 Å². The molecule has 0 unspecified atom stereocenters. The van der Waals surface area contributed by atoms with Crippen LogP contribution in [0.4, 0.5) is 18.9 Å². The predicted octanol–water partition coefficient (Wildman–Crippen LogP) is 4.94. The van der Waals surface area contributed by atoms with Crippen molar-refractivity contribution < 1.29 is 22.5 Å². The van der Waals surface area contributed by atoms with Crippen LogP contribution in [-0.2, 0) is 11.9 Å². The molecule has 0 radical (unpaired) electrons. The van der Waals surface area contributed by atoms with Crippen LogP contribution in [0, 0.1) is 6.92 Å². The van der Waals surface area contributed by atoms with Gasteiger partial charge in [0.15, 0.2) is 5.82 Å². The second-order valence-electron chi connectivity index (χ2n) is 5.55. The number of anilines is 1. The van der Waals surface area contributed by atoms with Crippen molar-refractivity contribution in [2.45, 2.75) is 23.7 Å². The lowest BCUT2D eigenvalue weighted by Gasteiger charge is -2.11. The average molecular weight is 393 g/mol. The number of hydrogen-bond donors (Lipinski definition) is 1. The predicted molar refractivity (Wildman–Crippen MR) is 94.4 cm³/mol. The molecule has 1 aromatic heterocycles. The van der Waals surface area contributed by atoms with Crippen molar-refractivity contribution in [3.8, 4) is 0 Å². The normalized spacial score (nSPS) is 11.4. The Balaban J connectivity index is 1.71. The number of carbonyl (C=O) groups is 1. The quantitative estimate of drug-likeness (QED) is 0.622. The maximum atomic E-state index is 12.6. The van der Waals surface area contributed by atoms with Gasteiger partial charge in [-0.2, -0.15) is 18.2 Å². The summed E-state index contributed by atoms with van der Waals surface area (Å²) in [6.07, 6.45) is -4.42. The Morgan fingerprint density at radius 3 is 2.48 bits per heavy atom. The molecule has 3 rings (SSSR count). The second-order valence-corrected chi connectivity index (χ2v) is 6.57. The standard InChI is InChI=1S/C18H14F3N3O2S/c1-11-22-16(26-24-11)10-27-15-5-3-2-4-14(15)17(25)23-13-8-6-12(7-9-13)18(19,20)21/h2-9H,10H2,1H3,(H,23,25). The molecule has 2 aromatic carbocycles. The van der Waals surface area contributed by atoms with Crippen LogP contribution >= 0.6 is 11.8 Å². The number of amides is 1. The van der Waals surface area contributed by atoms with Gasteiger partial charge in [-0.15, -0.1) is 11.8 Å². The Bertz CT molecular complexity index is 940. The van der Waals surface area contributed by atoms with E-state index in [4.69, 9.17) is 4.52 Å². The lowest BCUT2D eigenvalue weighted by Crippen LogP contribution is -2.13. The molecular weight excluding hydrogens is 379 g/mol. The van der Waals surface area contributed by atoms with E-state index in [-0.39, 0.29) is 5.69 Å². The highest BCUT2D eigenvalue weighted by atomic mass is 32.2. The molecule has 1 amide bonds. The third-order valence-electron chi connectivity index (χ3n) is 3.52. The first-order valence-corrected chi connectivity index (χ1v) is 8.81. The molecule has 0 spiro atoms. The third kappa shape index (κ3) is 4.88. The highest BCUT2D eigenvalue weighted by Crippen LogP contribution is 2.30. The molecule has 0 bridgehead atoms. The Morgan fingerprint density at radius 2 is 1.85 bits per heavy atom. The molecule has 1 N–H and O–H groups in total. The van der Waals surface area contributed by atoms with Crippen LogP contribution in [0.25, 0.3) is 0 Å². The first kappa shape index (κ1) is 19.0. The topological polar surface area (TPSA) is 68.0 Å². The van der Waals surface area contributed by atoms with Gasteiger partial charge < -0.3 is 9.84 Å². The summed E-state index contributed by atoms with van der Waals surface area (Å²) >= 11 is 1.35. The van der Waals surface area contributed by atoms with E-state index in [1.54, 1.807) is 31.2 Å². The highest BCUT2D eigenvalue weighted by Gasteiger charge is 2.30. The lowest BCUT2D eigenvalue weighted by atomic mass is 10.1. The number of thioether (sulfide) groups is 1. The van der Waals surface area contributed by atoms with E-state index in [0.29, 0.717) is 27.9 Å². The molecule has 0 aliphatic heterocycles. The molecule has 140 valence electrons. The Morgan fingerprint density at radius 1 is 1.15 bits per heavy atom. The maximum Gasteiger partial charge on any atom is 0.416 e. The molecule has 5 nitrogen and oxygen atoms in total. The Labute approximate surface area is 157 Å². The molecular formula is C18H14F3N3O2S. The second kappa shape index (κ2) is 7.83. The van der Waals surface area contributed by atoms with E-state index in [1.807, 2.05) is 0 Å². The Hall–Kier alpha value is -2.81. The number of hydrogen-bond acceptors (Lipinski definition) is 5. The first-order chi connectivity index (χ1) is 12.8. The number of aryl methyl sites for hydroxylation is 1. The monoisotopic (exact) mass is 393 g/mol. The minimum absolute atomic E-state index is 0.278. The number of carbonyl (C=O) groups excluding carboxylic acids is 1. The van der Waals surface area contributed by atoms with E-state index in [9.17, 15) is 18.0 Å². The zero-order valence-corrected chi connectivity index (χ0v) is 14.9. The van der Waals surface area contributed by atoms with Crippen molar-refractivity contribution in [1.82, 2.24) is 10.1 Å². The average Bonchev–Trinajstić information content (AvgIpc) is 3.05. The van der Waals surface area contributed by atoms with E-state index in [0.717, 1.165) is 12.1 Å². The summed E-state index contributed by atoms with van der Waals surface area (Å²) in [5.74, 6) is 0.944. The van der Waals surface area contributed by atoms with Crippen molar-refractivity contribution in [3.05, 3.63) is 71.4 Å². The van der Waals surface area contributed by atoms with Gasteiger partial charge in [0.05, 0.1) is 16.9 Å². The number of benzene rings is 2. The van der Waals surface area contributed by atoms with Crippen molar-refractivity contribution in [2.75, 3.05) is 5.32 Å². The largest absolute Gasteiger partial charge is 0.416 e. The first-order valence-electron chi connectivity index (χ1n) is 7.82. The van der Waals surface area contributed by atoms with E-state index >= 15 is 0 Å². The summed E-state index contributed by atoms with van der Waals surface area (Å²) < 4.78 is 42.9. The summed E-state index contributed by atoms with van der Waals surface area (Å²) in [5, 5.41) is 6.32. The molecule has 9 heteroatoms. The maximum absolute atomic E-state index is 12.6. The molecule has 0 saturated heterocycles. The third-order valence-corrected chi connectivity index (χ3v) is 4.58. The summed E-state index contributed by atoms with van der Waals surface area (Å²) in [4.78, 5) is 17.3. The van der Waals surface area contributed by atoms with Gasteiger partial charge in [0.1, 0.15) is 0 Å². The zero-order valence-electron chi connectivity index (χ0n) is 14.1. The summed E-state index contributed by atoms with van der Waals surface area (Å²) in [6, 6.07) is 11.2. The lowest BCUT2D eigenvalue weighted by molar-refractivity contribution is -0.137. The smallest absolute Gasteiger partial charge is 0.338 e. The number of rotatable bonds is 5. The van der Waals surface area contributed by atoms with Gasteiger partial charge in [-0.1, -0.05) is 17.3 Å². The minimum atomic E-state index is -4.42. The van der Waals surface area contributed by atoms with Crippen LogP contribution < -0.4 is 5.32 Å². The van der Waals surface area contributed by atoms with Gasteiger partial charge in [0.2, 0.25) is 5.89 Å². The van der Waals surface area contributed by atoms with E-state index < -0.39 is 17.6 Å². The number of nitrogens with zero attached hydrogens (tertiary/aromatic N) is 2. The molecule has 0 aliphatic carbocycles. The fraction of sp³-hybridized carbons (Fsp3) is 0.167. The molecule has 0 atom stereocenters. The number of halogens is 3. The van der Waals surface area contributed by atoms with Crippen LogP contribution in [0.1, 0.15) is 27.6 Å². The van der Waals surface area contributed by atoms with Gasteiger partial charge >= 0.3 is 6.18 Å². The van der Waals surface area contributed by atoms with Gasteiger partial charge in [0.25, 0.3) is 5.91 Å². The van der Waals surface area contributed by atoms with Crippen LogP contribution in [-0.4, -0.2) is 16.0 Å². The number of nitrogens with one attached hydrogen (secondary N) is 1. The van der Waals surface area contributed by atoms with Crippen LogP contribution in [0.3, 0.4) is 0 Å². The molecule has 27 heavy (non-hydrogen) atoms. The van der Waals surface area contributed by atoms with Gasteiger partial charge in [-0.25, -0.2) is 0 Å². The fourth-order valence-electron chi connectivity index (χ4n) is 2.26. The van der Waals surface area contributed by atoms with Crippen LogP contribution in [0.2, 0.25) is 0 Å². The van der Waals surface area contributed by atoms with E-state index in [2.05, 4.69) is 15.5 Å². The molecule has 0 fully saturated rings. The van der Waals surface area contributed by atoms with E-state index in [1.165, 1.54) is 23.9 Å². The van der Waals surface area contributed by atoms with Gasteiger partial charge in [-0.3, -0.25) is 4.79 Å².